The Morgan fingerprint density at radius 1 is 1.36 bits per heavy atom. The molecule has 0 saturated carbocycles. The first-order valence-corrected chi connectivity index (χ1v) is 4.30. The molecule has 4 heteroatoms. The Morgan fingerprint density at radius 3 is 2.45 bits per heavy atom. The second-order valence-electron chi connectivity index (χ2n) is 2.12. The molecule has 0 heterocycles. The van der Waals surface area contributed by atoms with E-state index in [2.05, 4.69) is 12.6 Å². The average Bonchev–Trinajstić information content (AvgIpc) is 1.94. The summed E-state index contributed by atoms with van der Waals surface area (Å²) in [5.41, 5.74) is 6.95. The standard InChI is InChI=1S/C7H7Cl2NS/c8-7(9)4-1-2-6(11)5(10)3-4/h1-3,7,11H,10H2. The van der Waals surface area contributed by atoms with Crippen LogP contribution in [-0.4, -0.2) is 0 Å². The zero-order valence-electron chi connectivity index (χ0n) is 5.59. The molecule has 0 aliphatic heterocycles. The number of hydrogen-bond donors (Lipinski definition) is 2. The van der Waals surface area contributed by atoms with Gasteiger partial charge in [0, 0.05) is 10.6 Å². The maximum atomic E-state index is 5.61. The molecule has 0 atom stereocenters. The lowest BCUT2D eigenvalue weighted by Crippen LogP contribution is -1.89. The lowest BCUT2D eigenvalue weighted by Gasteiger charge is -2.03. The SMILES string of the molecule is Nc1cc(C(Cl)Cl)ccc1S. The van der Waals surface area contributed by atoms with Crippen molar-refractivity contribution in [1.29, 1.82) is 0 Å². The van der Waals surface area contributed by atoms with Gasteiger partial charge in [-0.2, -0.15) is 0 Å². The molecule has 0 amide bonds. The fourth-order valence-corrected chi connectivity index (χ4v) is 1.12. The van der Waals surface area contributed by atoms with Crippen LogP contribution in [0.15, 0.2) is 23.1 Å². The van der Waals surface area contributed by atoms with Crippen molar-refractivity contribution in [3.63, 3.8) is 0 Å². The summed E-state index contributed by atoms with van der Waals surface area (Å²) >= 11 is 15.3. The number of rotatable bonds is 1. The van der Waals surface area contributed by atoms with Gasteiger partial charge in [-0.15, -0.1) is 35.8 Å². The van der Waals surface area contributed by atoms with Gasteiger partial charge in [0.05, 0.1) is 0 Å². The van der Waals surface area contributed by atoms with Crippen molar-refractivity contribution in [2.24, 2.45) is 0 Å². The van der Waals surface area contributed by atoms with Crippen LogP contribution in [0.25, 0.3) is 0 Å². The molecule has 0 radical (unpaired) electrons. The summed E-state index contributed by atoms with van der Waals surface area (Å²) in [7, 11) is 0. The van der Waals surface area contributed by atoms with Gasteiger partial charge in [-0.05, 0) is 17.7 Å². The smallest absolute Gasteiger partial charge is 0.132 e. The van der Waals surface area contributed by atoms with Crippen LogP contribution < -0.4 is 5.73 Å². The van der Waals surface area contributed by atoms with Gasteiger partial charge in [-0.1, -0.05) is 6.07 Å². The summed E-state index contributed by atoms with van der Waals surface area (Å²) < 4.78 is 0. The van der Waals surface area contributed by atoms with E-state index in [0.29, 0.717) is 5.69 Å². The first-order valence-electron chi connectivity index (χ1n) is 2.98. The second kappa shape index (κ2) is 3.57. The van der Waals surface area contributed by atoms with Crippen LogP contribution in [0, 0.1) is 0 Å². The van der Waals surface area contributed by atoms with E-state index in [4.69, 9.17) is 28.9 Å². The molecule has 0 spiro atoms. The van der Waals surface area contributed by atoms with Crippen molar-refractivity contribution in [3.05, 3.63) is 23.8 Å². The maximum Gasteiger partial charge on any atom is 0.132 e. The Balaban J connectivity index is 3.05. The average molecular weight is 208 g/mol. The fraction of sp³-hybridized carbons (Fsp3) is 0.143. The van der Waals surface area contributed by atoms with E-state index in [-0.39, 0.29) is 0 Å². The van der Waals surface area contributed by atoms with Crippen LogP contribution in [0.5, 0.6) is 0 Å². The second-order valence-corrected chi connectivity index (χ2v) is 3.70. The van der Waals surface area contributed by atoms with Crippen molar-refractivity contribution in [2.45, 2.75) is 9.73 Å². The maximum absolute atomic E-state index is 5.61. The molecule has 0 aromatic heterocycles. The van der Waals surface area contributed by atoms with Crippen LogP contribution in [0.2, 0.25) is 0 Å². The summed E-state index contributed by atoms with van der Waals surface area (Å²) in [6.07, 6.45) is 0. The molecule has 1 aromatic carbocycles. The number of hydrogen-bond acceptors (Lipinski definition) is 2. The van der Waals surface area contributed by atoms with Crippen LogP contribution >= 0.6 is 35.8 Å². The van der Waals surface area contributed by atoms with Crippen molar-refractivity contribution in [2.75, 3.05) is 5.73 Å². The van der Waals surface area contributed by atoms with Gasteiger partial charge in [0.25, 0.3) is 0 Å². The Morgan fingerprint density at radius 2 is 2.00 bits per heavy atom. The third-order valence-electron chi connectivity index (χ3n) is 1.30. The van der Waals surface area contributed by atoms with Gasteiger partial charge in [0.2, 0.25) is 0 Å². The molecule has 0 aliphatic rings. The minimum Gasteiger partial charge on any atom is -0.398 e. The molecule has 0 saturated heterocycles. The topological polar surface area (TPSA) is 26.0 Å². The molecule has 60 valence electrons. The number of nitrogen functional groups attached to an aromatic ring is 1. The van der Waals surface area contributed by atoms with E-state index < -0.39 is 4.84 Å². The number of alkyl halides is 2. The third-order valence-corrected chi connectivity index (χ3v) is 2.21. The van der Waals surface area contributed by atoms with E-state index in [1.807, 2.05) is 0 Å². The van der Waals surface area contributed by atoms with Crippen molar-refractivity contribution >= 4 is 41.5 Å². The quantitative estimate of drug-likeness (QED) is 0.414. The summed E-state index contributed by atoms with van der Waals surface area (Å²) in [6, 6.07) is 5.28. The Hall–Kier alpha value is -0.0500. The Labute approximate surface area is 80.9 Å². The summed E-state index contributed by atoms with van der Waals surface area (Å²) in [6.45, 7) is 0. The summed E-state index contributed by atoms with van der Waals surface area (Å²) in [5.74, 6) is 0. The number of benzene rings is 1. The highest BCUT2D eigenvalue weighted by Gasteiger charge is 2.03. The normalized spacial score (nSPS) is 10.5. The van der Waals surface area contributed by atoms with Gasteiger partial charge in [0.15, 0.2) is 0 Å². The molecule has 0 bridgehead atoms. The minimum absolute atomic E-state index is 0.522. The summed E-state index contributed by atoms with van der Waals surface area (Å²) in [5, 5.41) is 0. The summed E-state index contributed by atoms with van der Waals surface area (Å²) in [4.78, 5) is 0.217. The highest BCUT2D eigenvalue weighted by atomic mass is 35.5. The molecule has 2 N–H and O–H groups in total. The largest absolute Gasteiger partial charge is 0.398 e. The van der Waals surface area contributed by atoms with E-state index in [1.165, 1.54) is 0 Å². The van der Waals surface area contributed by atoms with E-state index in [0.717, 1.165) is 10.5 Å². The molecule has 0 fully saturated rings. The van der Waals surface area contributed by atoms with Gasteiger partial charge in [0.1, 0.15) is 4.84 Å². The van der Waals surface area contributed by atoms with E-state index in [9.17, 15) is 0 Å². The molecule has 1 rings (SSSR count). The Bertz CT molecular complexity index is 263. The van der Waals surface area contributed by atoms with Crippen molar-refractivity contribution in [3.8, 4) is 0 Å². The van der Waals surface area contributed by atoms with Gasteiger partial charge < -0.3 is 5.73 Å². The molecule has 0 unspecified atom stereocenters. The third kappa shape index (κ3) is 2.19. The zero-order chi connectivity index (χ0) is 8.43. The predicted octanol–water partition coefficient (Wildman–Crippen LogP) is 3.03. The molecular weight excluding hydrogens is 201 g/mol. The number of nitrogens with two attached hydrogens (primary N) is 1. The van der Waals surface area contributed by atoms with Crippen LogP contribution in [0.4, 0.5) is 5.69 Å². The number of halogens is 2. The fourth-order valence-electron chi connectivity index (χ4n) is 0.709. The Kier molecular flexibility index (Phi) is 2.93. The van der Waals surface area contributed by atoms with Crippen LogP contribution in [-0.2, 0) is 0 Å². The zero-order valence-corrected chi connectivity index (χ0v) is 8.00. The molecule has 11 heavy (non-hydrogen) atoms. The number of anilines is 1. The van der Waals surface area contributed by atoms with Gasteiger partial charge in [-0.3, -0.25) is 0 Å². The monoisotopic (exact) mass is 207 g/mol. The van der Waals surface area contributed by atoms with E-state index >= 15 is 0 Å². The lowest BCUT2D eigenvalue weighted by molar-refractivity contribution is 1.31. The number of thiol groups is 1. The highest BCUT2D eigenvalue weighted by Crippen LogP contribution is 2.28. The first kappa shape index (κ1) is 9.04. The predicted molar refractivity (Wildman–Crippen MR) is 52.6 cm³/mol. The molecule has 1 nitrogen and oxygen atoms in total. The highest BCUT2D eigenvalue weighted by molar-refractivity contribution is 7.80. The molecular formula is C7H7Cl2NS. The van der Waals surface area contributed by atoms with Gasteiger partial charge >= 0.3 is 0 Å². The first-order chi connectivity index (χ1) is 5.11. The van der Waals surface area contributed by atoms with Crippen LogP contribution in [0.1, 0.15) is 10.4 Å². The van der Waals surface area contributed by atoms with Crippen molar-refractivity contribution in [1.82, 2.24) is 0 Å². The van der Waals surface area contributed by atoms with Crippen molar-refractivity contribution < 1.29 is 0 Å². The van der Waals surface area contributed by atoms with Crippen LogP contribution in [0.3, 0.4) is 0 Å². The molecule has 1 aromatic rings. The van der Waals surface area contributed by atoms with E-state index in [1.54, 1.807) is 18.2 Å². The molecule has 0 aliphatic carbocycles. The minimum atomic E-state index is -0.522. The lowest BCUT2D eigenvalue weighted by atomic mass is 10.2. The van der Waals surface area contributed by atoms with Gasteiger partial charge in [-0.25, -0.2) is 0 Å².